The van der Waals surface area contributed by atoms with E-state index in [9.17, 15) is 0 Å². The van der Waals surface area contributed by atoms with Gasteiger partial charge in [0.2, 0.25) is 0 Å². The van der Waals surface area contributed by atoms with E-state index in [1.807, 2.05) is 0 Å². The standard InChI is InChI=1S/C20H15N/c1-2-8-16-13-18(14-17(16)9-3-1)21-20-12-6-10-15-7-4-5-11-19(15)20/h1-14,21H. The third-order valence-electron chi connectivity index (χ3n) is 3.80. The van der Waals surface area contributed by atoms with Crippen LogP contribution in [0.1, 0.15) is 0 Å². The third kappa shape index (κ3) is 2.23. The highest BCUT2D eigenvalue weighted by molar-refractivity contribution is 5.96. The molecule has 0 spiro atoms. The first-order chi connectivity index (χ1) is 10.4. The number of hydrogen-bond acceptors (Lipinski definition) is 1. The average molecular weight is 269 g/mol. The Bertz CT molecular complexity index is 843. The monoisotopic (exact) mass is 269 g/mol. The van der Waals surface area contributed by atoms with Gasteiger partial charge in [-0.1, -0.05) is 66.7 Å². The van der Waals surface area contributed by atoms with Gasteiger partial charge in [0.1, 0.15) is 0 Å². The Labute approximate surface area is 124 Å². The fourth-order valence-electron chi connectivity index (χ4n) is 2.78. The predicted molar refractivity (Wildman–Crippen MR) is 90.3 cm³/mol. The van der Waals surface area contributed by atoms with Crippen LogP contribution in [0.3, 0.4) is 0 Å². The van der Waals surface area contributed by atoms with Gasteiger partial charge in [-0.05, 0) is 34.7 Å². The minimum absolute atomic E-state index is 1.13. The first kappa shape index (κ1) is 12.0. The number of nitrogens with one attached hydrogen (secondary N) is 1. The van der Waals surface area contributed by atoms with Crippen LogP contribution in [0.4, 0.5) is 11.4 Å². The predicted octanol–water partition coefficient (Wildman–Crippen LogP) is 5.69. The van der Waals surface area contributed by atoms with Gasteiger partial charge in [-0.3, -0.25) is 0 Å². The molecule has 0 amide bonds. The summed E-state index contributed by atoms with van der Waals surface area (Å²) in [5.74, 6) is 0. The van der Waals surface area contributed by atoms with Gasteiger partial charge in [-0.15, -0.1) is 0 Å². The second-order valence-corrected chi connectivity index (χ2v) is 5.22. The first-order valence-corrected chi connectivity index (χ1v) is 7.14. The Morgan fingerprint density at radius 2 is 1.24 bits per heavy atom. The van der Waals surface area contributed by atoms with E-state index in [2.05, 4.69) is 90.2 Å². The van der Waals surface area contributed by atoms with Crippen LogP contribution < -0.4 is 5.32 Å². The van der Waals surface area contributed by atoms with E-state index in [-0.39, 0.29) is 0 Å². The molecule has 0 saturated carbocycles. The average Bonchev–Trinajstić information content (AvgIpc) is 2.76. The van der Waals surface area contributed by atoms with Crippen molar-refractivity contribution in [3.63, 3.8) is 0 Å². The summed E-state index contributed by atoms with van der Waals surface area (Å²) in [5.41, 5.74) is 4.78. The van der Waals surface area contributed by atoms with Crippen LogP contribution >= 0.6 is 0 Å². The van der Waals surface area contributed by atoms with Crippen molar-refractivity contribution in [2.24, 2.45) is 0 Å². The molecule has 2 aromatic rings. The molecule has 1 N–H and O–H groups in total. The molecule has 0 saturated heterocycles. The number of rotatable bonds is 2. The highest BCUT2D eigenvalue weighted by Crippen LogP contribution is 2.32. The lowest BCUT2D eigenvalue weighted by molar-refractivity contribution is 1.63. The van der Waals surface area contributed by atoms with Crippen LogP contribution in [-0.4, -0.2) is 0 Å². The Balaban J connectivity index is 1.79. The van der Waals surface area contributed by atoms with E-state index < -0.39 is 0 Å². The fraction of sp³-hybridized carbons (Fsp3) is 0. The molecule has 0 aromatic heterocycles. The zero-order valence-corrected chi connectivity index (χ0v) is 11.6. The van der Waals surface area contributed by atoms with Crippen LogP contribution in [0.15, 0.2) is 84.9 Å². The van der Waals surface area contributed by atoms with E-state index in [4.69, 9.17) is 0 Å². The molecule has 2 aliphatic rings. The van der Waals surface area contributed by atoms with Crippen LogP contribution in [0.2, 0.25) is 0 Å². The molecule has 0 heterocycles. The molecule has 0 fully saturated rings. The topological polar surface area (TPSA) is 12.0 Å². The summed E-state index contributed by atoms with van der Waals surface area (Å²) in [6.45, 7) is 0. The molecule has 1 heteroatoms. The van der Waals surface area contributed by atoms with Crippen molar-refractivity contribution >= 4 is 22.1 Å². The SMILES string of the molecule is c1ccc2cc(Nc3cccc4ccccc34)cc-2cc1. The molecule has 0 unspecified atom stereocenters. The van der Waals surface area contributed by atoms with Crippen molar-refractivity contribution in [3.8, 4) is 11.1 Å². The number of fused-ring (bicyclic) bond motifs is 2. The molecule has 0 aliphatic heterocycles. The van der Waals surface area contributed by atoms with Crippen LogP contribution in [0, 0.1) is 0 Å². The van der Waals surface area contributed by atoms with Gasteiger partial charge in [0.05, 0.1) is 0 Å². The quantitative estimate of drug-likeness (QED) is 0.493. The summed E-state index contributed by atoms with van der Waals surface area (Å²) in [5, 5.41) is 6.05. The van der Waals surface area contributed by atoms with E-state index in [1.54, 1.807) is 0 Å². The highest BCUT2D eigenvalue weighted by atomic mass is 14.9. The van der Waals surface area contributed by atoms with Crippen LogP contribution in [-0.2, 0) is 0 Å². The second-order valence-electron chi connectivity index (χ2n) is 5.22. The van der Waals surface area contributed by atoms with E-state index in [1.165, 1.54) is 21.9 Å². The largest absolute Gasteiger partial charge is 0.355 e. The van der Waals surface area contributed by atoms with E-state index in [0.717, 1.165) is 11.4 Å². The summed E-state index contributed by atoms with van der Waals surface area (Å²) in [6, 6.07) is 29.7. The van der Waals surface area contributed by atoms with Gasteiger partial charge in [0, 0.05) is 16.8 Å². The molecule has 4 rings (SSSR count). The summed E-state index contributed by atoms with van der Waals surface area (Å²) < 4.78 is 0. The van der Waals surface area contributed by atoms with Crippen molar-refractivity contribution in [2.45, 2.75) is 0 Å². The lowest BCUT2D eigenvalue weighted by atomic mass is 10.1. The summed E-state index contributed by atoms with van der Waals surface area (Å²) in [7, 11) is 0. The summed E-state index contributed by atoms with van der Waals surface area (Å²) in [4.78, 5) is 0. The second kappa shape index (κ2) is 4.95. The van der Waals surface area contributed by atoms with Crippen LogP contribution in [0.5, 0.6) is 0 Å². The maximum atomic E-state index is 3.55. The lowest BCUT2D eigenvalue weighted by Crippen LogP contribution is -1.89. The molecular formula is C20H15N. The van der Waals surface area contributed by atoms with Crippen molar-refractivity contribution in [3.05, 3.63) is 84.9 Å². The van der Waals surface area contributed by atoms with Crippen molar-refractivity contribution in [2.75, 3.05) is 5.32 Å². The summed E-state index contributed by atoms with van der Waals surface area (Å²) in [6.07, 6.45) is 0. The van der Waals surface area contributed by atoms with E-state index in [0.29, 0.717) is 0 Å². The maximum Gasteiger partial charge on any atom is 0.0463 e. The molecule has 0 atom stereocenters. The van der Waals surface area contributed by atoms with Gasteiger partial charge in [0.25, 0.3) is 0 Å². The number of hydrogen-bond donors (Lipinski definition) is 1. The number of anilines is 2. The van der Waals surface area contributed by atoms with Crippen molar-refractivity contribution in [1.82, 2.24) is 0 Å². The molecule has 1 nitrogen and oxygen atoms in total. The van der Waals surface area contributed by atoms with Gasteiger partial charge in [0.15, 0.2) is 0 Å². The molecule has 2 aliphatic carbocycles. The van der Waals surface area contributed by atoms with Gasteiger partial charge in [-0.25, -0.2) is 0 Å². The Morgan fingerprint density at radius 3 is 2.05 bits per heavy atom. The number of benzene rings is 2. The zero-order chi connectivity index (χ0) is 14.1. The van der Waals surface area contributed by atoms with Crippen LogP contribution in [0.25, 0.3) is 21.9 Å². The van der Waals surface area contributed by atoms with Gasteiger partial charge >= 0.3 is 0 Å². The normalized spacial score (nSPS) is 10.9. The molecule has 100 valence electrons. The first-order valence-electron chi connectivity index (χ1n) is 7.14. The van der Waals surface area contributed by atoms with E-state index >= 15 is 0 Å². The summed E-state index contributed by atoms with van der Waals surface area (Å²) >= 11 is 0. The molecule has 0 radical (unpaired) electrons. The minimum Gasteiger partial charge on any atom is -0.355 e. The molecule has 0 bridgehead atoms. The smallest absolute Gasteiger partial charge is 0.0463 e. The Hall–Kier alpha value is -2.80. The van der Waals surface area contributed by atoms with Crippen molar-refractivity contribution in [1.29, 1.82) is 0 Å². The Morgan fingerprint density at radius 1 is 0.571 bits per heavy atom. The minimum atomic E-state index is 1.13. The van der Waals surface area contributed by atoms with Gasteiger partial charge < -0.3 is 5.32 Å². The maximum absolute atomic E-state index is 3.55. The third-order valence-corrected chi connectivity index (χ3v) is 3.80. The Kier molecular flexibility index (Phi) is 2.82. The van der Waals surface area contributed by atoms with Crippen molar-refractivity contribution < 1.29 is 0 Å². The van der Waals surface area contributed by atoms with Gasteiger partial charge in [-0.2, -0.15) is 0 Å². The molecule has 21 heavy (non-hydrogen) atoms. The molecular weight excluding hydrogens is 254 g/mol. The highest BCUT2D eigenvalue weighted by Gasteiger charge is 2.06. The zero-order valence-electron chi connectivity index (χ0n) is 11.6. The fourth-order valence-corrected chi connectivity index (χ4v) is 2.78. The lowest BCUT2D eigenvalue weighted by Gasteiger charge is -2.08. The molecule has 2 aromatic carbocycles.